The van der Waals surface area contributed by atoms with Crippen LogP contribution >= 0.6 is 23.2 Å². The van der Waals surface area contributed by atoms with Gasteiger partial charge in [0, 0.05) is 6.42 Å². The van der Waals surface area contributed by atoms with Gasteiger partial charge in [0.25, 0.3) is 0 Å². The van der Waals surface area contributed by atoms with Crippen molar-refractivity contribution in [3.05, 3.63) is 27.7 Å². The van der Waals surface area contributed by atoms with Gasteiger partial charge in [-0.1, -0.05) is 29.3 Å². The maximum absolute atomic E-state index is 10.3. The second-order valence-corrected chi connectivity index (χ2v) is 3.95. The smallest absolute Gasteiger partial charge is 0.303 e. The molecule has 0 amide bonds. The molecule has 0 fully saturated rings. The van der Waals surface area contributed by atoms with Crippen molar-refractivity contribution in [3.8, 4) is 0 Å². The molecule has 0 heterocycles. The van der Waals surface area contributed by atoms with Gasteiger partial charge in [-0.15, -0.1) is 0 Å². The number of aliphatic carboxylic acids is 1. The zero-order chi connectivity index (χ0) is 11.4. The molecule has 82 valence electrons. The minimum Gasteiger partial charge on any atom is -0.481 e. The van der Waals surface area contributed by atoms with E-state index in [2.05, 4.69) is 0 Å². The van der Waals surface area contributed by atoms with Gasteiger partial charge in [0.05, 0.1) is 15.7 Å². The van der Waals surface area contributed by atoms with Gasteiger partial charge < -0.3 is 10.8 Å². The van der Waals surface area contributed by atoms with Gasteiger partial charge in [0.15, 0.2) is 0 Å². The van der Waals surface area contributed by atoms with Crippen LogP contribution in [-0.4, -0.2) is 11.1 Å². The Labute approximate surface area is 97.8 Å². The third kappa shape index (κ3) is 3.29. The molecule has 0 aliphatic heterocycles. The molecule has 0 saturated carbocycles. The van der Waals surface area contributed by atoms with Crippen molar-refractivity contribution < 1.29 is 9.90 Å². The summed E-state index contributed by atoms with van der Waals surface area (Å²) >= 11 is 11.8. The van der Waals surface area contributed by atoms with E-state index in [1.54, 1.807) is 12.1 Å². The SMILES string of the molecule is Nc1ccc(CCCC(=O)O)c(Cl)c1Cl. The van der Waals surface area contributed by atoms with Crippen molar-refractivity contribution in [1.82, 2.24) is 0 Å². The molecular weight excluding hydrogens is 237 g/mol. The van der Waals surface area contributed by atoms with Crippen LogP contribution in [0.2, 0.25) is 10.0 Å². The van der Waals surface area contributed by atoms with E-state index in [0.717, 1.165) is 5.56 Å². The standard InChI is InChI=1S/C10H11Cl2NO2/c11-9-6(2-1-3-8(14)15)4-5-7(13)10(9)12/h4-5H,1-3,13H2,(H,14,15). The fourth-order valence-corrected chi connectivity index (χ4v) is 1.68. The first-order valence-electron chi connectivity index (χ1n) is 4.46. The molecule has 0 bridgehead atoms. The monoisotopic (exact) mass is 247 g/mol. The average Bonchev–Trinajstić information content (AvgIpc) is 2.18. The Morgan fingerprint density at radius 1 is 1.33 bits per heavy atom. The molecule has 0 aliphatic rings. The Morgan fingerprint density at radius 3 is 2.60 bits per heavy atom. The van der Waals surface area contributed by atoms with Crippen LogP contribution in [0.1, 0.15) is 18.4 Å². The summed E-state index contributed by atoms with van der Waals surface area (Å²) in [6.45, 7) is 0. The second-order valence-electron chi connectivity index (χ2n) is 3.19. The van der Waals surface area contributed by atoms with Crippen LogP contribution in [0.15, 0.2) is 12.1 Å². The van der Waals surface area contributed by atoms with Gasteiger partial charge in [-0.25, -0.2) is 0 Å². The van der Waals surface area contributed by atoms with E-state index in [9.17, 15) is 4.79 Å². The van der Waals surface area contributed by atoms with Crippen molar-refractivity contribution in [3.63, 3.8) is 0 Å². The Hall–Kier alpha value is -0.930. The molecule has 1 aromatic carbocycles. The van der Waals surface area contributed by atoms with Gasteiger partial charge in [-0.3, -0.25) is 4.79 Å². The molecule has 1 rings (SSSR count). The van der Waals surface area contributed by atoms with Gasteiger partial charge in [0.2, 0.25) is 0 Å². The normalized spacial score (nSPS) is 10.3. The lowest BCUT2D eigenvalue weighted by molar-refractivity contribution is -0.137. The highest BCUT2D eigenvalue weighted by molar-refractivity contribution is 6.44. The number of aryl methyl sites for hydroxylation is 1. The van der Waals surface area contributed by atoms with E-state index in [-0.39, 0.29) is 6.42 Å². The van der Waals surface area contributed by atoms with E-state index in [1.807, 2.05) is 0 Å². The summed E-state index contributed by atoms with van der Waals surface area (Å²) in [5.41, 5.74) is 6.82. The van der Waals surface area contributed by atoms with Gasteiger partial charge in [-0.05, 0) is 24.5 Å². The van der Waals surface area contributed by atoms with Crippen LogP contribution in [0.4, 0.5) is 5.69 Å². The summed E-state index contributed by atoms with van der Waals surface area (Å²) in [7, 11) is 0. The van der Waals surface area contributed by atoms with Crippen LogP contribution < -0.4 is 5.73 Å². The van der Waals surface area contributed by atoms with Crippen molar-refractivity contribution in [2.75, 3.05) is 5.73 Å². The van der Waals surface area contributed by atoms with Gasteiger partial charge >= 0.3 is 5.97 Å². The van der Waals surface area contributed by atoms with Gasteiger partial charge in [-0.2, -0.15) is 0 Å². The fraction of sp³-hybridized carbons (Fsp3) is 0.300. The molecular formula is C10H11Cl2NO2. The molecule has 0 saturated heterocycles. The largest absolute Gasteiger partial charge is 0.481 e. The van der Waals surface area contributed by atoms with E-state index in [1.165, 1.54) is 0 Å². The number of anilines is 1. The first kappa shape index (κ1) is 12.1. The summed E-state index contributed by atoms with van der Waals surface area (Å²) in [6, 6.07) is 3.44. The molecule has 3 N–H and O–H groups in total. The molecule has 0 aliphatic carbocycles. The van der Waals surface area contributed by atoms with Crippen LogP contribution in [0.5, 0.6) is 0 Å². The maximum atomic E-state index is 10.3. The van der Waals surface area contributed by atoms with Crippen LogP contribution in [0, 0.1) is 0 Å². The molecule has 0 atom stereocenters. The molecule has 0 aromatic heterocycles. The molecule has 5 heteroatoms. The minimum atomic E-state index is -0.812. The predicted octanol–water partition coefficient (Wildman–Crippen LogP) is 2.98. The average molecular weight is 248 g/mol. The Bertz CT molecular complexity index is 380. The maximum Gasteiger partial charge on any atom is 0.303 e. The number of carboxylic acid groups (broad SMARTS) is 1. The summed E-state index contributed by atoms with van der Waals surface area (Å²) in [5, 5.41) is 9.24. The van der Waals surface area contributed by atoms with E-state index >= 15 is 0 Å². The molecule has 15 heavy (non-hydrogen) atoms. The third-order valence-corrected chi connectivity index (χ3v) is 2.96. The zero-order valence-corrected chi connectivity index (χ0v) is 9.48. The Kier molecular flexibility index (Phi) is 4.24. The van der Waals surface area contributed by atoms with E-state index in [0.29, 0.717) is 28.6 Å². The first-order valence-corrected chi connectivity index (χ1v) is 5.22. The molecule has 1 aromatic rings. The van der Waals surface area contributed by atoms with Crippen molar-refractivity contribution in [2.24, 2.45) is 0 Å². The van der Waals surface area contributed by atoms with Crippen molar-refractivity contribution in [1.29, 1.82) is 0 Å². The predicted molar refractivity (Wildman–Crippen MR) is 61.4 cm³/mol. The Balaban J connectivity index is 2.70. The fourth-order valence-electron chi connectivity index (χ4n) is 1.23. The molecule has 0 radical (unpaired) electrons. The third-order valence-electron chi connectivity index (χ3n) is 2.03. The minimum absolute atomic E-state index is 0.123. The number of hydrogen-bond acceptors (Lipinski definition) is 2. The lowest BCUT2D eigenvalue weighted by Gasteiger charge is -2.06. The summed E-state index contributed by atoms with van der Waals surface area (Å²) in [4.78, 5) is 10.3. The summed E-state index contributed by atoms with van der Waals surface area (Å²) < 4.78 is 0. The molecule has 0 spiro atoms. The number of nitrogens with two attached hydrogens (primary N) is 1. The molecule has 3 nitrogen and oxygen atoms in total. The number of hydrogen-bond donors (Lipinski definition) is 2. The Morgan fingerprint density at radius 2 is 2.00 bits per heavy atom. The number of benzene rings is 1. The number of rotatable bonds is 4. The highest BCUT2D eigenvalue weighted by atomic mass is 35.5. The topological polar surface area (TPSA) is 63.3 Å². The van der Waals surface area contributed by atoms with E-state index < -0.39 is 5.97 Å². The first-order chi connectivity index (χ1) is 7.02. The number of carboxylic acids is 1. The van der Waals surface area contributed by atoms with Gasteiger partial charge in [0.1, 0.15) is 0 Å². The summed E-state index contributed by atoms with van der Waals surface area (Å²) in [6.07, 6.45) is 1.25. The van der Waals surface area contributed by atoms with Crippen molar-refractivity contribution in [2.45, 2.75) is 19.3 Å². The van der Waals surface area contributed by atoms with E-state index in [4.69, 9.17) is 34.0 Å². The highest BCUT2D eigenvalue weighted by Gasteiger charge is 2.08. The highest BCUT2D eigenvalue weighted by Crippen LogP contribution is 2.31. The quantitative estimate of drug-likeness (QED) is 0.805. The zero-order valence-electron chi connectivity index (χ0n) is 7.96. The summed E-state index contributed by atoms with van der Waals surface area (Å²) in [5.74, 6) is -0.812. The van der Waals surface area contributed by atoms with Crippen LogP contribution in [0.3, 0.4) is 0 Å². The number of nitrogen functional groups attached to an aromatic ring is 1. The number of carbonyl (C=O) groups is 1. The molecule has 0 unspecified atom stereocenters. The van der Waals surface area contributed by atoms with Crippen LogP contribution in [-0.2, 0) is 11.2 Å². The van der Waals surface area contributed by atoms with Crippen molar-refractivity contribution >= 4 is 34.9 Å². The lowest BCUT2D eigenvalue weighted by Crippen LogP contribution is -1.97. The van der Waals surface area contributed by atoms with Crippen LogP contribution in [0.25, 0.3) is 0 Å². The lowest BCUT2D eigenvalue weighted by atomic mass is 10.1. The number of halogens is 2. The second kappa shape index (κ2) is 5.24.